The van der Waals surface area contributed by atoms with Crippen LogP contribution in [-0.4, -0.2) is 0 Å². The maximum Gasteiger partial charge on any atom is 0.135 e. The second-order valence-electron chi connectivity index (χ2n) is 37.1. The molecule has 2 aliphatic carbocycles. The zero-order valence-corrected chi connectivity index (χ0v) is 77.8. The Balaban J connectivity index is 0.000000146. The van der Waals surface area contributed by atoms with Crippen LogP contribution in [0.5, 0.6) is 0 Å². The van der Waals surface area contributed by atoms with Crippen LogP contribution < -0.4 is 9.80 Å². The fraction of sp³-hybridized carbons (Fsp3) is 0.0145. The van der Waals surface area contributed by atoms with E-state index >= 15 is 0 Å². The van der Waals surface area contributed by atoms with Crippen molar-refractivity contribution in [3.63, 3.8) is 0 Å². The third kappa shape index (κ3) is 14.4. The first-order valence-corrected chi connectivity index (χ1v) is 48.9. The van der Waals surface area contributed by atoms with Crippen LogP contribution in [0.3, 0.4) is 0 Å². The molecule has 0 spiro atoms. The highest BCUT2D eigenvalue weighted by atomic mass is 16.3. The van der Waals surface area contributed by atoms with Gasteiger partial charge in [-0.05, 0) is 259 Å². The Hall–Kier alpha value is -18.5. The fourth-order valence-electron chi connectivity index (χ4n) is 22.9. The molecule has 0 atom stereocenters. The molecule has 0 radical (unpaired) electrons. The summed E-state index contributed by atoms with van der Waals surface area (Å²) in [6.45, 7) is 0. The highest BCUT2D eigenvalue weighted by Crippen LogP contribution is 2.61. The number of para-hydroxylation sites is 4. The number of hydrogen-bond acceptors (Lipinski definition) is 4. The predicted molar refractivity (Wildman–Crippen MR) is 592 cm³/mol. The van der Waals surface area contributed by atoms with Gasteiger partial charge in [-0.25, -0.2) is 0 Å². The van der Waals surface area contributed by atoms with Gasteiger partial charge in [0, 0.05) is 55.4 Å². The van der Waals surface area contributed by atoms with Crippen LogP contribution in [0.15, 0.2) is 567 Å². The van der Waals surface area contributed by atoms with Crippen LogP contribution in [0.2, 0.25) is 0 Å². The SMILES string of the molecule is c1ccc(-c2ccc(-c3ccc(N(c4cccc(-c5cccc6c5-c5ccccc5C6(c5ccccc5)c5ccccc5)c4)c4ccccc4-c4ccc5oc6ccccc6c5c4)cc3)cc2)cc1.c1ccc(C2(c3ccccc3)c3ccccc3-c3c(-c4ccc(N(c5ccc(-c6ccc(-c7ccc8ccccc8c7)cc6)cc5)c5ccccc5-c5ccc6oc7ccccc7c6c5)cc4)cccc32)cc1. The summed E-state index contributed by atoms with van der Waals surface area (Å²) in [4.78, 5) is 4.83. The van der Waals surface area contributed by atoms with Gasteiger partial charge in [0.1, 0.15) is 22.3 Å². The minimum atomic E-state index is -0.488. The molecule has 0 bridgehead atoms. The van der Waals surface area contributed by atoms with Crippen LogP contribution in [0, 0.1) is 0 Å². The van der Waals surface area contributed by atoms with E-state index in [4.69, 9.17) is 8.83 Å². The summed E-state index contributed by atoms with van der Waals surface area (Å²) in [6.07, 6.45) is 0. The minimum Gasteiger partial charge on any atom is -0.456 e. The number of nitrogens with zero attached hydrogens (tertiary/aromatic N) is 2. The van der Waals surface area contributed by atoms with Gasteiger partial charge < -0.3 is 18.6 Å². The molecule has 2 aliphatic rings. The summed E-state index contributed by atoms with van der Waals surface area (Å²) in [6, 6.07) is 203. The Morgan fingerprint density at radius 2 is 0.437 bits per heavy atom. The topological polar surface area (TPSA) is 32.8 Å². The molecule has 0 saturated carbocycles. The van der Waals surface area contributed by atoms with Crippen molar-refractivity contribution in [3.05, 3.63) is 603 Å². The zero-order valence-electron chi connectivity index (χ0n) is 77.8. The predicted octanol–water partition coefficient (Wildman–Crippen LogP) is 37.3. The Bertz CT molecular complexity index is 8960. The summed E-state index contributed by atoms with van der Waals surface area (Å²) < 4.78 is 12.6. The molecule has 0 amide bonds. The van der Waals surface area contributed by atoms with Gasteiger partial charge in [0.05, 0.1) is 22.2 Å². The molecule has 2 heterocycles. The van der Waals surface area contributed by atoms with E-state index in [1.165, 1.54) is 128 Å². The summed E-state index contributed by atoms with van der Waals surface area (Å²) in [5, 5.41) is 6.95. The van der Waals surface area contributed by atoms with Gasteiger partial charge in [0.25, 0.3) is 0 Å². The Kier molecular flexibility index (Phi) is 21.1. The Labute approximate surface area is 826 Å². The Morgan fingerprint density at radius 1 is 0.148 bits per heavy atom. The average Bonchev–Trinajstić information content (AvgIpc) is 1.34. The van der Waals surface area contributed by atoms with Gasteiger partial charge in [0.2, 0.25) is 0 Å². The molecule has 0 saturated heterocycles. The van der Waals surface area contributed by atoms with Gasteiger partial charge in [-0.2, -0.15) is 0 Å². The van der Waals surface area contributed by atoms with Crippen molar-refractivity contribution in [2.45, 2.75) is 10.8 Å². The van der Waals surface area contributed by atoms with Crippen molar-refractivity contribution in [2.75, 3.05) is 9.80 Å². The van der Waals surface area contributed by atoms with E-state index in [1.54, 1.807) is 0 Å². The fourth-order valence-corrected chi connectivity index (χ4v) is 22.9. The largest absolute Gasteiger partial charge is 0.456 e. The molecule has 2 aromatic heterocycles. The molecular weight excluding hydrogens is 1720 g/mol. The van der Waals surface area contributed by atoms with E-state index in [0.29, 0.717) is 0 Å². The van der Waals surface area contributed by atoms with Crippen molar-refractivity contribution < 1.29 is 8.83 Å². The maximum atomic E-state index is 6.30. The summed E-state index contributed by atoms with van der Waals surface area (Å²) >= 11 is 0. The highest BCUT2D eigenvalue weighted by Gasteiger charge is 2.49. The smallest absolute Gasteiger partial charge is 0.135 e. The number of anilines is 6. The first-order chi connectivity index (χ1) is 70.4. The number of hydrogen-bond donors (Lipinski definition) is 0. The first kappa shape index (κ1) is 84.1. The first-order valence-electron chi connectivity index (χ1n) is 48.9. The second-order valence-corrected chi connectivity index (χ2v) is 37.1. The monoisotopic (exact) mass is 1810 g/mol. The van der Waals surface area contributed by atoms with Crippen LogP contribution in [0.25, 0.3) is 166 Å². The Morgan fingerprint density at radius 3 is 0.887 bits per heavy atom. The van der Waals surface area contributed by atoms with Crippen molar-refractivity contribution >= 4 is 88.8 Å². The van der Waals surface area contributed by atoms with Crippen molar-refractivity contribution in [1.29, 1.82) is 0 Å². The van der Waals surface area contributed by atoms with Crippen LogP contribution in [0.4, 0.5) is 34.1 Å². The zero-order chi connectivity index (χ0) is 94.0. The van der Waals surface area contributed by atoms with Crippen LogP contribution >= 0.6 is 0 Å². The molecule has 25 aromatic rings. The number of furan rings is 2. The summed E-state index contributed by atoms with van der Waals surface area (Å²) in [7, 11) is 0. The standard InChI is InChI=1S/C71H47NO.C67H45NO/c1-3-18-56(19-4-1)71(57-20-5-2-6-21-57)65-26-12-9-24-63(65)70-61(25-15-27-66(70)71)52-38-43-59(44-39-52)72(67-28-13-10-22-60(67)55-40-45-69-64(47-55)62-23-11-14-29-68(62)73-69)58-41-36-50(37-42-58)49-30-32-51(33-31-49)54-35-34-48-16-7-8-17-53(48)46-54;1-4-18-46(19-5-1)47-34-36-48(37-35-47)49-38-41-54(42-39-49)68(63-32-14-11-26-56(63)51-40-43-65-60(45-51)58-27-12-15-33-64(58)69-65)55-25-16-20-50(44-55)57-29-17-31-62-66(57)59-28-10-13-30-61(59)67(62,52-21-6-2-7-22-52)53-23-8-3-9-24-53/h1-47H;1-45H. The van der Waals surface area contributed by atoms with Gasteiger partial charge in [-0.15, -0.1) is 0 Å². The van der Waals surface area contributed by atoms with E-state index < -0.39 is 10.8 Å². The lowest BCUT2D eigenvalue weighted by molar-refractivity contribution is 0.668. The average molecular weight is 1810 g/mol. The van der Waals surface area contributed by atoms with Crippen LogP contribution in [-0.2, 0) is 10.8 Å². The number of rotatable bonds is 18. The lowest BCUT2D eigenvalue weighted by atomic mass is 9.67. The van der Waals surface area contributed by atoms with E-state index in [2.05, 4.69) is 544 Å². The normalized spacial score (nSPS) is 12.5. The molecule has 23 aromatic carbocycles. The molecule has 666 valence electrons. The van der Waals surface area contributed by atoms with E-state index in [-0.39, 0.29) is 0 Å². The maximum absolute atomic E-state index is 6.30. The van der Waals surface area contributed by atoms with Gasteiger partial charge in [-0.3, -0.25) is 0 Å². The van der Waals surface area contributed by atoms with Gasteiger partial charge in [-0.1, -0.05) is 455 Å². The van der Waals surface area contributed by atoms with Crippen molar-refractivity contribution in [3.8, 4) is 111 Å². The van der Waals surface area contributed by atoms with Crippen molar-refractivity contribution in [1.82, 2.24) is 0 Å². The van der Waals surface area contributed by atoms with E-state index in [0.717, 1.165) is 117 Å². The molecule has 0 fully saturated rings. The van der Waals surface area contributed by atoms with Gasteiger partial charge >= 0.3 is 0 Å². The van der Waals surface area contributed by atoms with E-state index in [9.17, 15) is 0 Å². The molecule has 142 heavy (non-hydrogen) atoms. The number of fused-ring (bicyclic) bond motifs is 13. The van der Waals surface area contributed by atoms with Gasteiger partial charge in [0.15, 0.2) is 0 Å². The van der Waals surface area contributed by atoms with Crippen molar-refractivity contribution in [2.24, 2.45) is 0 Å². The highest BCUT2D eigenvalue weighted by molar-refractivity contribution is 6.09. The molecule has 4 nitrogen and oxygen atoms in total. The summed E-state index contributed by atoms with van der Waals surface area (Å²) in [5.41, 5.74) is 43.1. The molecule has 0 N–H and O–H groups in total. The molecule has 27 rings (SSSR count). The summed E-state index contributed by atoms with van der Waals surface area (Å²) in [5.74, 6) is 0. The number of benzene rings is 23. The third-order valence-corrected chi connectivity index (χ3v) is 29.4. The van der Waals surface area contributed by atoms with E-state index in [1.807, 2.05) is 24.3 Å². The lowest BCUT2D eigenvalue weighted by Gasteiger charge is -2.34. The lowest BCUT2D eigenvalue weighted by Crippen LogP contribution is -2.28. The van der Waals surface area contributed by atoms with Crippen LogP contribution in [0.1, 0.15) is 44.5 Å². The minimum absolute atomic E-state index is 0.470. The second kappa shape index (κ2) is 35.6. The third-order valence-electron chi connectivity index (χ3n) is 29.4. The molecule has 0 unspecified atom stereocenters. The molecule has 0 aliphatic heterocycles. The molecular formula is C138H92N2O2. The molecule has 4 heteroatoms. The quantitative estimate of drug-likeness (QED) is 0.0857.